The zero-order chi connectivity index (χ0) is 24.3. The molecule has 1 aromatic carbocycles. The Balaban J connectivity index is 1.35. The molecule has 1 aliphatic rings. The first-order valence-electron chi connectivity index (χ1n) is 11.8. The van der Waals surface area contributed by atoms with Crippen molar-refractivity contribution in [3.63, 3.8) is 0 Å². The summed E-state index contributed by atoms with van der Waals surface area (Å²) < 4.78 is 7.43. The van der Waals surface area contributed by atoms with Crippen molar-refractivity contribution < 1.29 is 4.74 Å². The van der Waals surface area contributed by atoms with Crippen LogP contribution in [-0.4, -0.2) is 63.0 Å². The lowest BCUT2D eigenvalue weighted by Gasteiger charge is -2.29. The van der Waals surface area contributed by atoms with Crippen LogP contribution in [0.4, 0.5) is 17.3 Å². The molecule has 5 aromatic rings. The fourth-order valence-electron chi connectivity index (χ4n) is 4.32. The van der Waals surface area contributed by atoms with Crippen molar-refractivity contribution in [2.45, 2.75) is 0 Å². The lowest BCUT2D eigenvalue weighted by atomic mass is 10.2. The molecule has 0 saturated carbocycles. The van der Waals surface area contributed by atoms with Gasteiger partial charge in [-0.05, 0) is 24.3 Å². The van der Waals surface area contributed by atoms with Crippen molar-refractivity contribution in [2.24, 2.45) is 0 Å². The largest absolute Gasteiger partial charge is 0.494 e. The average molecular weight is 480 g/mol. The molecule has 1 saturated heterocycles. The third-order valence-corrected chi connectivity index (χ3v) is 6.08. The average Bonchev–Trinajstić information content (AvgIpc) is 3.41. The minimum Gasteiger partial charge on any atom is -0.494 e. The highest BCUT2D eigenvalue weighted by Gasteiger charge is 2.20. The number of benzene rings is 1. The summed E-state index contributed by atoms with van der Waals surface area (Å²) in [7, 11) is 1.65. The molecular formula is C26H25N9O. The Labute approximate surface area is 208 Å². The molecule has 1 aliphatic heterocycles. The monoisotopic (exact) mass is 479 g/mol. The van der Waals surface area contributed by atoms with Gasteiger partial charge in [-0.25, -0.2) is 19.6 Å². The summed E-state index contributed by atoms with van der Waals surface area (Å²) in [4.78, 5) is 20.9. The standard InChI is InChI=1S/C26H25N9O/c1-36-22-16-28-15-21-24(22)26(34-11-9-27-10-12-34)33-25(32-21)18-7-8-29-23(13-18)31-19-14-30-35(17-19)20-5-3-2-4-6-20/h2-8,13-17,27H,9-12H2,1H3,(H,29,31). The number of nitrogens with one attached hydrogen (secondary N) is 2. The Bertz CT molecular complexity index is 1500. The second kappa shape index (κ2) is 9.59. The van der Waals surface area contributed by atoms with Crippen molar-refractivity contribution in [3.05, 3.63) is 73.4 Å². The number of methoxy groups -OCH3 is 1. The van der Waals surface area contributed by atoms with E-state index in [1.165, 1.54) is 0 Å². The third-order valence-electron chi connectivity index (χ3n) is 6.08. The molecule has 10 heteroatoms. The molecule has 10 nitrogen and oxygen atoms in total. The first kappa shape index (κ1) is 21.9. The molecule has 6 rings (SSSR count). The van der Waals surface area contributed by atoms with E-state index in [2.05, 4.69) is 30.6 Å². The minimum absolute atomic E-state index is 0.608. The van der Waals surface area contributed by atoms with Crippen LogP contribution >= 0.6 is 0 Å². The van der Waals surface area contributed by atoms with Gasteiger partial charge in [0.05, 0.1) is 54.2 Å². The van der Waals surface area contributed by atoms with Gasteiger partial charge < -0.3 is 20.3 Å². The van der Waals surface area contributed by atoms with E-state index in [0.717, 1.165) is 59.8 Å². The number of anilines is 3. The molecule has 2 N–H and O–H groups in total. The molecule has 4 aromatic heterocycles. The van der Waals surface area contributed by atoms with Crippen molar-refractivity contribution >= 4 is 28.2 Å². The lowest BCUT2D eigenvalue weighted by Crippen LogP contribution is -2.44. The van der Waals surface area contributed by atoms with Crippen molar-refractivity contribution in [1.29, 1.82) is 0 Å². The summed E-state index contributed by atoms with van der Waals surface area (Å²) in [6, 6.07) is 13.8. The smallest absolute Gasteiger partial charge is 0.162 e. The fourth-order valence-corrected chi connectivity index (χ4v) is 4.32. The number of piperazine rings is 1. The first-order chi connectivity index (χ1) is 17.8. The number of nitrogens with zero attached hydrogens (tertiary/aromatic N) is 7. The predicted octanol–water partition coefficient (Wildman–Crippen LogP) is 3.43. The van der Waals surface area contributed by atoms with E-state index in [1.54, 1.807) is 31.9 Å². The highest BCUT2D eigenvalue weighted by molar-refractivity contribution is 5.95. The summed E-state index contributed by atoms with van der Waals surface area (Å²) in [6.07, 6.45) is 8.92. The van der Waals surface area contributed by atoms with Crippen LogP contribution in [-0.2, 0) is 0 Å². The number of hydrogen-bond acceptors (Lipinski definition) is 9. The number of fused-ring (bicyclic) bond motifs is 1. The number of para-hydroxylation sites is 1. The molecule has 0 atom stereocenters. The third kappa shape index (κ3) is 4.29. The fraction of sp³-hybridized carbons (Fsp3) is 0.192. The van der Waals surface area contributed by atoms with Crippen LogP contribution in [0.2, 0.25) is 0 Å². The topological polar surface area (TPSA) is 106 Å². The van der Waals surface area contributed by atoms with Gasteiger partial charge in [0.1, 0.15) is 17.4 Å². The number of hydrogen-bond donors (Lipinski definition) is 2. The summed E-state index contributed by atoms with van der Waals surface area (Å²) in [5.74, 6) is 2.80. The zero-order valence-corrected chi connectivity index (χ0v) is 19.8. The molecule has 0 spiro atoms. The van der Waals surface area contributed by atoms with Gasteiger partial charge in [-0.2, -0.15) is 5.10 Å². The normalized spacial score (nSPS) is 13.6. The van der Waals surface area contributed by atoms with E-state index in [4.69, 9.17) is 14.7 Å². The van der Waals surface area contributed by atoms with Gasteiger partial charge in [-0.3, -0.25) is 4.98 Å². The Kier molecular flexibility index (Phi) is 5.84. The molecule has 0 bridgehead atoms. The lowest BCUT2D eigenvalue weighted by molar-refractivity contribution is 0.418. The Morgan fingerprint density at radius 1 is 1.00 bits per heavy atom. The summed E-state index contributed by atoms with van der Waals surface area (Å²) >= 11 is 0. The van der Waals surface area contributed by atoms with Crippen LogP contribution in [0.3, 0.4) is 0 Å². The van der Waals surface area contributed by atoms with Gasteiger partial charge in [0.2, 0.25) is 0 Å². The second-order valence-corrected chi connectivity index (χ2v) is 8.41. The van der Waals surface area contributed by atoms with E-state index < -0.39 is 0 Å². The van der Waals surface area contributed by atoms with Crippen molar-refractivity contribution in [2.75, 3.05) is 43.5 Å². The first-order valence-corrected chi connectivity index (χ1v) is 11.8. The number of ether oxygens (including phenoxy) is 1. The van der Waals surface area contributed by atoms with Crippen LogP contribution in [0.25, 0.3) is 28.0 Å². The zero-order valence-electron chi connectivity index (χ0n) is 19.8. The molecule has 0 radical (unpaired) electrons. The van der Waals surface area contributed by atoms with Gasteiger partial charge >= 0.3 is 0 Å². The highest BCUT2D eigenvalue weighted by atomic mass is 16.5. The molecule has 5 heterocycles. The maximum absolute atomic E-state index is 5.61. The molecule has 0 unspecified atom stereocenters. The summed E-state index contributed by atoms with van der Waals surface area (Å²) in [6.45, 7) is 3.50. The van der Waals surface area contributed by atoms with Crippen LogP contribution in [0.1, 0.15) is 0 Å². The van der Waals surface area contributed by atoms with Crippen LogP contribution in [0, 0.1) is 0 Å². The maximum atomic E-state index is 5.61. The Morgan fingerprint density at radius 2 is 1.86 bits per heavy atom. The molecule has 0 aliphatic carbocycles. The Morgan fingerprint density at radius 3 is 2.69 bits per heavy atom. The minimum atomic E-state index is 0.608. The molecule has 1 fully saturated rings. The van der Waals surface area contributed by atoms with Crippen LogP contribution < -0.4 is 20.3 Å². The van der Waals surface area contributed by atoms with Crippen molar-refractivity contribution in [1.82, 2.24) is 35.0 Å². The van der Waals surface area contributed by atoms with Gasteiger partial charge in [-0.15, -0.1) is 0 Å². The number of pyridine rings is 2. The van der Waals surface area contributed by atoms with E-state index in [9.17, 15) is 0 Å². The van der Waals surface area contributed by atoms with E-state index in [-0.39, 0.29) is 0 Å². The van der Waals surface area contributed by atoms with Crippen molar-refractivity contribution in [3.8, 4) is 22.8 Å². The van der Waals surface area contributed by atoms with Gasteiger partial charge in [0.25, 0.3) is 0 Å². The number of aromatic nitrogens is 6. The maximum Gasteiger partial charge on any atom is 0.162 e. The molecule has 36 heavy (non-hydrogen) atoms. The molecule has 180 valence electrons. The quantitative estimate of drug-likeness (QED) is 0.379. The van der Waals surface area contributed by atoms with E-state index in [1.807, 2.05) is 53.3 Å². The van der Waals surface area contributed by atoms with Crippen LogP contribution in [0.15, 0.2) is 73.4 Å². The molecular weight excluding hydrogens is 454 g/mol. The van der Waals surface area contributed by atoms with Gasteiger partial charge in [-0.1, -0.05) is 18.2 Å². The molecule has 0 amide bonds. The van der Waals surface area contributed by atoms with E-state index >= 15 is 0 Å². The van der Waals surface area contributed by atoms with Gasteiger partial charge in [0, 0.05) is 37.9 Å². The number of rotatable bonds is 6. The van der Waals surface area contributed by atoms with Gasteiger partial charge in [0.15, 0.2) is 5.82 Å². The summed E-state index contributed by atoms with van der Waals surface area (Å²) in [5.41, 5.74) is 3.41. The van der Waals surface area contributed by atoms with Crippen LogP contribution in [0.5, 0.6) is 5.75 Å². The SMILES string of the molecule is COc1cncc2nc(-c3ccnc(Nc4cnn(-c5ccccc5)c4)c3)nc(N3CCNCC3)c12. The van der Waals surface area contributed by atoms with E-state index in [0.29, 0.717) is 17.4 Å². The summed E-state index contributed by atoms with van der Waals surface area (Å²) in [5, 5.41) is 12.1. The predicted molar refractivity (Wildman–Crippen MR) is 139 cm³/mol. The Hall–Kier alpha value is -4.57. The highest BCUT2D eigenvalue weighted by Crippen LogP contribution is 2.34. The second-order valence-electron chi connectivity index (χ2n) is 8.41.